The van der Waals surface area contributed by atoms with Gasteiger partial charge in [0.1, 0.15) is 5.75 Å². The van der Waals surface area contributed by atoms with E-state index in [0.717, 1.165) is 5.75 Å². The van der Waals surface area contributed by atoms with E-state index in [1.807, 2.05) is 18.2 Å². The Bertz CT molecular complexity index is 570. The maximum absolute atomic E-state index is 5.96. The molecular formula is C15H15Cl2NO. The number of hydrogen-bond donors (Lipinski definition) is 0. The van der Waals surface area contributed by atoms with Gasteiger partial charge in [-0.25, -0.2) is 4.98 Å². The van der Waals surface area contributed by atoms with E-state index in [1.54, 1.807) is 12.1 Å². The third-order valence-electron chi connectivity index (χ3n) is 2.77. The highest BCUT2D eigenvalue weighted by molar-refractivity contribution is 6.32. The van der Waals surface area contributed by atoms with Crippen LogP contribution < -0.4 is 4.74 Å². The Hall–Kier alpha value is -1.25. The van der Waals surface area contributed by atoms with Crippen molar-refractivity contribution in [1.29, 1.82) is 0 Å². The van der Waals surface area contributed by atoms with Crippen LogP contribution in [0.2, 0.25) is 5.02 Å². The molecule has 0 aliphatic carbocycles. The summed E-state index contributed by atoms with van der Waals surface area (Å²) in [6, 6.07) is 11.5. The van der Waals surface area contributed by atoms with Crippen molar-refractivity contribution >= 4 is 23.2 Å². The summed E-state index contributed by atoms with van der Waals surface area (Å²) in [7, 11) is 0. The number of alkyl halides is 1. The van der Waals surface area contributed by atoms with Crippen molar-refractivity contribution in [3.05, 3.63) is 52.7 Å². The molecule has 0 saturated heterocycles. The van der Waals surface area contributed by atoms with Crippen LogP contribution in [0.25, 0.3) is 0 Å². The van der Waals surface area contributed by atoms with Gasteiger partial charge in [-0.3, -0.25) is 0 Å². The fraction of sp³-hybridized carbons (Fsp3) is 0.267. The van der Waals surface area contributed by atoms with Crippen molar-refractivity contribution in [3.63, 3.8) is 0 Å². The maximum Gasteiger partial charge on any atom is 0.219 e. The number of halogens is 2. The van der Waals surface area contributed by atoms with Gasteiger partial charge < -0.3 is 4.74 Å². The molecule has 0 aliphatic rings. The normalized spacial score (nSPS) is 10.8. The van der Waals surface area contributed by atoms with Crippen LogP contribution in [0.3, 0.4) is 0 Å². The number of aromatic nitrogens is 1. The Balaban J connectivity index is 2.23. The molecule has 0 atom stereocenters. The van der Waals surface area contributed by atoms with Crippen LogP contribution in [-0.4, -0.2) is 4.98 Å². The predicted molar refractivity (Wildman–Crippen MR) is 79.4 cm³/mol. The standard InChI is InChI=1S/C15H15Cl2NO/c1-10(2)11-4-3-5-12(8-11)19-15-7-6-13(17)14(9-16)18-15/h3-8,10H,9H2,1-2H3. The summed E-state index contributed by atoms with van der Waals surface area (Å²) < 4.78 is 5.74. The molecule has 0 fully saturated rings. The van der Waals surface area contributed by atoms with Gasteiger partial charge in [0.15, 0.2) is 0 Å². The maximum atomic E-state index is 5.96. The molecule has 1 aromatic heterocycles. The van der Waals surface area contributed by atoms with Gasteiger partial charge in [-0.05, 0) is 29.7 Å². The Morgan fingerprint density at radius 3 is 2.68 bits per heavy atom. The average Bonchev–Trinajstić information content (AvgIpc) is 2.41. The Kier molecular flexibility index (Phi) is 4.67. The quantitative estimate of drug-likeness (QED) is 0.706. The zero-order valence-corrected chi connectivity index (χ0v) is 12.4. The van der Waals surface area contributed by atoms with Gasteiger partial charge in [0, 0.05) is 6.07 Å². The summed E-state index contributed by atoms with van der Waals surface area (Å²) in [4.78, 5) is 4.27. The van der Waals surface area contributed by atoms with Crippen molar-refractivity contribution in [2.45, 2.75) is 25.6 Å². The lowest BCUT2D eigenvalue weighted by Gasteiger charge is -2.10. The number of nitrogens with zero attached hydrogens (tertiary/aromatic N) is 1. The molecule has 2 rings (SSSR count). The molecule has 0 spiro atoms. The Morgan fingerprint density at radius 2 is 2.00 bits per heavy atom. The lowest BCUT2D eigenvalue weighted by molar-refractivity contribution is 0.460. The molecule has 0 saturated carbocycles. The third kappa shape index (κ3) is 3.62. The molecule has 19 heavy (non-hydrogen) atoms. The fourth-order valence-corrected chi connectivity index (χ4v) is 2.12. The summed E-state index contributed by atoms with van der Waals surface area (Å²) in [6.45, 7) is 4.29. The van der Waals surface area contributed by atoms with Crippen LogP contribution in [0.5, 0.6) is 11.6 Å². The number of hydrogen-bond acceptors (Lipinski definition) is 2. The van der Waals surface area contributed by atoms with Crippen LogP contribution in [0, 0.1) is 0 Å². The average molecular weight is 296 g/mol. The highest BCUT2D eigenvalue weighted by Crippen LogP contribution is 2.26. The minimum absolute atomic E-state index is 0.266. The van der Waals surface area contributed by atoms with Crippen molar-refractivity contribution in [2.24, 2.45) is 0 Å². The summed E-state index contributed by atoms with van der Waals surface area (Å²) >= 11 is 11.7. The smallest absolute Gasteiger partial charge is 0.219 e. The minimum Gasteiger partial charge on any atom is -0.439 e. The lowest BCUT2D eigenvalue weighted by atomic mass is 10.0. The molecule has 0 N–H and O–H groups in total. The third-order valence-corrected chi connectivity index (χ3v) is 3.36. The largest absolute Gasteiger partial charge is 0.439 e. The SMILES string of the molecule is CC(C)c1cccc(Oc2ccc(Cl)c(CCl)n2)c1. The van der Waals surface area contributed by atoms with E-state index in [4.69, 9.17) is 27.9 Å². The van der Waals surface area contributed by atoms with Gasteiger partial charge in [-0.2, -0.15) is 0 Å². The summed E-state index contributed by atoms with van der Waals surface area (Å²) in [5.74, 6) is 1.99. The number of rotatable bonds is 4. The zero-order chi connectivity index (χ0) is 13.8. The van der Waals surface area contributed by atoms with Gasteiger partial charge in [0.25, 0.3) is 0 Å². The first-order chi connectivity index (χ1) is 9.10. The second-order valence-corrected chi connectivity index (χ2v) is 5.22. The summed E-state index contributed by atoms with van der Waals surface area (Å²) in [5, 5.41) is 0.554. The number of ether oxygens (including phenoxy) is 1. The van der Waals surface area contributed by atoms with Gasteiger partial charge in [-0.1, -0.05) is 37.6 Å². The van der Waals surface area contributed by atoms with Gasteiger partial charge in [0.05, 0.1) is 16.6 Å². The molecule has 0 bridgehead atoms. The monoisotopic (exact) mass is 295 g/mol. The molecule has 4 heteroatoms. The molecule has 100 valence electrons. The van der Waals surface area contributed by atoms with E-state index in [-0.39, 0.29) is 5.88 Å². The molecule has 0 aliphatic heterocycles. The summed E-state index contributed by atoms with van der Waals surface area (Å²) in [6.07, 6.45) is 0. The van der Waals surface area contributed by atoms with Crippen molar-refractivity contribution < 1.29 is 4.74 Å². The van der Waals surface area contributed by atoms with Crippen LogP contribution in [0.1, 0.15) is 31.0 Å². The summed E-state index contributed by atoms with van der Waals surface area (Å²) in [5.41, 5.74) is 1.85. The molecule has 1 heterocycles. The fourth-order valence-electron chi connectivity index (χ4n) is 1.67. The van der Waals surface area contributed by atoms with E-state index in [0.29, 0.717) is 22.5 Å². The lowest BCUT2D eigenvalue weighted by Crippen LogP contribution is -1.94. The molecule has 2 aromatic rings. The van der Waals surface area contributed by atoms with E-state index in [1.165, 1.54) is 5.56 Å². The Labute approximate surface area is 123 Å². The predicted octanol–water partition coefficient (Wildman–Crippen LogP) is 5.39. The minimum atomic E-state index is 0.266. The zero-order valence-electron chi connectivity index (χ0n) is 10.9. The molecule has 0 amide bonds. The van der Waals surface area contributed by atoms with E-state index < -0.39 is 0 Å². The second-order valence-electron chi connectivity index (χ2n) is 4.54. The molecule has 2 nitrogen and oxygen atoms in total. The number of pyridine rings is 1. The molecule has 0 radical (unpaired) electrons. The van der Waals surface area contributed by atoms with Crippen LogP contribution >= 0.6 is 23.2 Å². The van der Waals surface area contributed by atoms with Crippen molar-refractivity contribution in [3.8, 4) is 11.6 Å². The first-order valence-electron chi connectivity index (χ1n) is 6.09. The molecular weight excluding hydrogens is 281 g/mol. The second kappa shape index (κ2) is 6.27. The number of benzene rings is 1. The highest BCUT2D eigenvalue weighted by Gasteiger charge is 2.06. The van der Waals surface area contributed by atoms with Gasteiger partial charge in [0.2, 0.25) is 5.88 Å². The Morgan fingerprint density at radius 1 is 1.21 bits per heavy atom. The van der Waals surface area contributed by atoms with Crippen LogP contribution in [0.4, 0.5) is 0 Å². The van der Waals surface area contributed by atoms with Crippen molar-refractivity contribution in [2.75, 3.05) is 0 Å². The molecule has 0 unspecified atom stereocenters. The first-order valence-corrected chi connectivity index (χ1v) is 7.00. The van der Waals surface area contributed by atoms with Crippen LogP contribution in [-0.2, 0) is 5.88 Å². The first kappa shape index (κ1) is 14.2. The van der Waals surface area contributed by atoms with E-state index in [9.17, 15) is 0 Å². The van der Waals surface area contributed by atoms with Crippen molar-refractivity contribution in [1.82, 2.24) is 4.98 Å². The van der Waals surface area contributed by atoms with Crippen LogP contribution in [0.15, 0.2) is 36.4 Å². The van der Waals surface area contributed by atoms with Gasteiger partial charge in [-0.15, -0.1) is 11.6 Å². The van der Waals surface area contributed by atoms with E-state index >= 15 is 0 Å². The topological polar surface area (TPSA) is 22.1 Å². The van der Waals surface area contributed by atoms with E-state index in [2.05, 4.69) is 24.9 Å². The van der Waals surface area contributed by atoms with Gasteiger partial charge >= 0.3 is 0 Å². The highest BCUT2D eigenvalue weighted by atomic mass is 35.5. The molecule has 1 aromatic carbocycles.